The van der Waals surface area contributed by atoms with Gasteiger partial charge in [-0.15, -0.1) is 0 Å². The van der Waals surface area contributed by atoms with Crippen LogP contribution >= 0.6 is 23.2 Å². The monoisotopic (exact) mass is 401 g/mol. The molecule has 0 aromatic heterocycles. The van der Waals surface area contributed by atoms with Crippen molar-refractivity contribution in [3.63, 3.8) is 0 Å². The van der Waals surface area contributed by atoms with Gasteiger partial charge in [-0.3, -0.25) is 0 Å². The number of ether oxygens (including phenoxy) is 1. The van der Waals surface area contributed by atoms with Crippen LogP contribution < -0.4 is 16.8 Å². The van der Waals surface area contributed by atoms with Crippen LogP contribution in [0.15, 0.2) is 47.4 Å². The summed E-state index contributed by atoms with van der Waals surface area (Å²) in [6.07, 6.45) is 4.78. The molecule has 1 heterocycles. The summed E-state index contributed by atoms with van der Waals surface area (Å²) in [5.41, 5.74) is 20.3. The average molecular weight is 402 g/mol. The highest BCUT2D eigenvalue weighted by Gasteiger charge is 2.28. The summed E-state index contributed by atoms with van der Waals surface area (Å²) < 4.78 is 5.57. The molecule has 0 bridgehead atoms. The Bertz CT molecular complexity index is 995. The molecule has 0 saturated carbocycles. The first-order valence-electron chi connectivity index (χ1n) is 8.86. The Labute approximate surface area is 168 Å². The van der Waals surface area contributed by atoms with Crippen LogP contribution in [0, 0.1) is 0 Å². The Hall–Kier alpha value is -2.14. The molecule has 2 aromatic rings. The zero-order valence-corrected chi connectivity index (χ0v) is 16.5. The first-order valence-corrected chi connectivity index (χ1v) is 9.62. The Morgan fingerprint density at radius 3 is 2.74 bits per heavy atom. The smallest absolute Gasteiger partial charge is 0.120 e. The summed E-state index contributed by atoms with van der Waals surface area (Å²) in [7, 11) is 1.71. The highest BCUT2D eigenvalue weighted by atomic mass is 35.5. The van der Waals surface area contributed by atoms with Crippen molar-refractivity contribution in [1.82, 2.24) is 0 Å². The second kappa shape index (κ2) is 7.12. The van der Waals surface area contributed by atoms with E-state index < -0.39 is 0 Å². The number of rotatable bonds is 3. The first kappa shape index (κ1) is 18.2. The Morgan fingerprint density at radius 2 is 2.04 bits per heavy atom. The lowest BCUT2D eigenvalue weighted by Crippen LogP contribution is -2.20. The van der Waals surface area contributed by atoms with Gasteiger partial charge in [0.05, 0.1) is 12.8 Å². The van der Waals surface area contributed by atoms with E-state index in [2.05, 4.69) is 11.4 Å². The molecule has 0 unspecified atom stereocenters. The summed E-state index contributed by atoms with van der Waals surface area (Å²) in [4.78, 5) is 0. The van der Waals surface area contributed by atoms with E-state index in [0.29, 0.717) is 22.3 Å². The van der Waals surface area contributed by atoms with Gasteiger partial charge in [-0.25, -0.2) is 0 Å². The fourth-order valence-corrected chi connectivity index (χ4v) is 4.45. The van der Waals surface area contributed by atoms with E-state index in [0.717, 1.165) is 53.0 Å². The van der Waals surface area contributed by atoms with Crippen molar-refractivity contribution in [3.05, 3.63) is 68.5 Å². The van der Waals surface area contributed by atoms with Crippen LogP contribution in [0.25, 0.3) is 11.1 Å². The van der Waals surface area contributed by atoms with Crippen LogP contribution in [0.1, 0.15) is 24.0 Å². The topological polar surface area (TPSA) is 73.3 Å². The highest BCUT2D eigenvalue weighted by molar-refractivity contribution is 6.36. The van der Waals surface area contributed by atoms with E-state index in [1.165, 1.54) is 11.3 Å². The molecule has 0 radical (unpaired) electrons. The number of fused-ring (bicyclic) bond motifs is 1. The molecule has 0 amide bonds. The molecule has 27 heavy (non-hydrogen) atoms. The number of nitrogens with one attached hydrogen (secondary N) is 1. The molecule has 5 N–H and O–H groups in total. The predicted octanol–water partition coefficient (Wildman–Crippen LogP) is 5.25. The quantitative estimate of drug-likeness (QED) is 0.614. The van der Waals surface area contributed by atoms with E-state index in [1.807, 2.05) is 18.2 Å². The minimum Gasteiger partial charge on any atom is -0.497 e. The van der Waals surface area contributed by atoms with Crippen LogP contribution in [-0.2, 0) is 17.7 Å². The molecule has 1 aliphatic carbocycles. The largest absolute Gasteiger partial charge is 0.497 e. The first-order chi connectivity index (χ1) is 13.0. The van der Waals surface area contributed by atoms with Crippen LogP contribution in [0.2, 0.25) is 10.0 Å². The van der Waals surface area contributed by atoms with Crippen molar-refractivity contribution in [2.45, 2.75) is 25.8 Å². The van der Waals surface area contributed by atoms with Crippen LogP contribution in [0.3, 0.4) is 0 Å². The Balaban J connectivity index is 1.93. The number of nitrogen functional groups attached to an aromatic ring is 1. The van der Waals surface area contributed by atoms with Gasteiger partial charge < -0.3 is 21.5 Å². The number of hydrogen-bond donors (Lipinski definition) is 3. The molecule has 0 atom stereocenters. The molecule has 2 aliphatic rings. The van der Waals surface area contributed by atoms with Crippen molar-refractivity contribution >= 4 is 34.6 Å². The van der Waals surface area contributed by atoms with Crippen LogP contribution in [-0.4, -0.2) is 7.11 Å². The van der Waals surface area contributed by atoms with E-state index >= 15 is 0 Å². The summed E-state index contributed by atoms with van der Waals surface area (Å²) in [5, 5.41) is 4.80. The maximum Gasteiger partial charge on any atom is 0.120 e. The average Bonchev–Trinajstić information content (AvgIpc) is 2.65. The number of methoxy groups -OCH3 is 1. The van der Waals surface area contributed by atoms with Gasteiger partial charge in [0.15, 0.2) is 0 Å². The number of nitrogens with two attached hydrogens (primary N) is 2. The summed E-state index contributed by atoms with van der Waals surface area (Å²) in [6, 6.07) is 7.50. The summed E-state index contributed by atoms with van der Waals surface area (Å²) >= 11 is 12.6. The summed E-state index contributed by atoms with van der Waals surface area (Å²) in [5.74, 6) is 0.932. The molecule has 1 aliphatic heterocycles. The molecular formula is C21H21Cl2N3O. The van der Waals surface area contributed by atoms with Gasteiger partial charge in [-0.05, 0) is 48.2 Å². The second-order valence-electron chi connectivity index (χ2n) is 6.75. The molecule has 0 saturated heterocycles. The fourth-order valence-electron chi connectivity index (χ4n) is 3.94. The summed E-state index contributed by atoms with van der Waals surface area (Å²) in [6.45, 7) is 0.324. The van der Waals surface area contributed by atoms with Gasteiger partial charge in [-0.2, -0.15) is 0 Å². The molecule has 0 fully saturated rings. The standard InChI is InChI=1S/C21H21Cl2N3O/c1-27-19-4-2-3-18-14(19)7-11-8-17(25)15(10-24)20(21(11)26-18)13-6-5-12(22)9-16(13)23/h4-6,8-9,26H,2-3,7,10,24-25H2,1H3. The van der Waals surface area contributed by atoms with Crippen molar-refractivity contribution in [3.8, 4) is 11.1 Å². The Kier molecular flexibility index (Phi) is 4.81. The molecular weight excluding hydrogens is 381 g/mol. The normalized spacial score (nSPS) is 15.6. The minimum atomic E-state index is 0.324. The number of halogens is 2. The van der Waals surface area contributed by atoms with Gasteiger partial charge in [0.2, 0.25) is 0 Å². The predicted molar refractivity (Wildman–Crippen MR) is 113 cm³/mol. The van der Waals surface area contributed by atoms with Crippen molar-refractivity contribution in [2.24, 2.45) is 5.73 Å². The van der Waals surface area contributed by atoms with Gasteiger partial charge in [0.1, 0.15) is 5.76 Å². The van der Waals surface area contributed by atoms with E-state index in [-0.39, 0.29) is 0 Å². The maximum atomic E-state index is 6.54. The molecule has 0 spiro atoms. The Morgan fingerprint density at radius 1 is 1.22 bits per heavy atom. The van der Waals surface area contributed by atoms with Crippen molar-refractivity contribution < 1.29 is 4.74 Å². The van der Waals surface area contributed by atoms with Gasteiger partial charge in [0.25, 0.3) is 0 Å². The molecule has 4 nitrogen and oxygen atoms in total. The third-order valence-corrected chi connectivity index (χ3v) is 5.75. The fraction of sp³-hybridized carbons (Fsp3) is 0.238. The van der Waals surface area contributed by atoms with Gasteiger partial charge in [0, 0.05) is 51.1 Å². The lowest BCUT2D eigenvalue weighted by atomic mass is 9.85. The maximum absolute atomic E-state index is 6.54. The van der Waals surface area contributed by atoms with Crippen molar-refractivity contribution in [1.29, 1.82) is 0 Å². The van der Waals surface area contributed by atoms with E-state index in [4.69, 9.17) is 39.4 Å². The second-order valence-corrected chi connectivity index (χ2v) is 7.60. The third kappa shape index (κ3) is 3.08. The van der Waals surface area contributed by atoms with Crippen LogP contribution in [0.5, 0.6) is 0 Å². The van der Waals surface area contributed by atoms with Crippen LogP contribution in [0.4, 0.5) is 11.4 Å². The molecule has 6 heteroatoms. The van der Waals surface area contributed by atoms with Crippen molar-refractivity contribution in [2.75, 3.05) is 18.2 Å². The SMILES string of the molecule is COC1=CCCC2=C1Cc1cc(N)c(CN)c(-c3ccc(Cl)cc3Cl)c1N2. The molecule has 140 valence electrons. The third-order valence-electron chi connectivity index (χ3n) is 5.20. The highest BCUT2D eigenvalue weighted by Crippen LogP contribution is 2.46. The lowest BCUT2D eigenvalue weighted by molar-refractivity contribution is 0.294. The minimum absolute atomic E-state index is 0.324. The molecule has 4 rings (SSSR count). The number of hydrogen-bond acceptors (Lipinski definition) is 4. The van der Waals surface area contributed by atoms with E-state index in [1.54, 1.807) is 13.2 Å². The molecule has 2 aromatic carbocycles. The van der Waals surface area contributed by atoms with Gasteiger partial charge >= 0.3 is 0 Å². The number of anilines is 2. The number of allylic oxidation sites excluding steroid dienone is 3. The lowest BCUT2D eigenvalue weighted by Gasteiger charge is -2.31. The number of benzene rings is 2. The van der Waals surface area contributed by atoms with Gasteiger partial charge in [-0.1, -0.05) is 29.3 Å². The zero-order valence-electron chi connectivity index (χ0n) is 15.0. The van der Waals surface area contributed by atoms with E-state index in [9.17, 15) is 0 Å². The zero-order chi connectivity index (χ0) is 19.1.